The molecule has 4 aliphatic rings. The van der Waals surface area contributed by atoms with Crippen molar-refractivity contribution in [2.75, 3.05) is 6.54 Å². The van der Waals surface area contributed by atoms with Gasteiger partial charge in [-0.25, -0.2) is 4.79 Å². The third-order valence-corrected chi connectivity index (χ3v) is 4.08. The molecule has 0 unspecified atom stereocenters. The van der Waals surface area contributed by atoms with Gasteiger partial charge in [-0.1, -0.05) is 0 Å². The minimum atomic E-state index is -0.761. The van der Waals surface area contributed by atoms with E-state index in [0.29, 0.717) is 32.2 Å². The van der Waals surface area contributed by atoms with E-state index in [2.05, 4.69) is 5.32 Å². The third-order valence-electron chi connectivity index (χ3n) is 4.08. The summed E-state index contributed by atoms with van der Waals surface area (Å²) >= 11 is 0. The molecule has 2 bridgehead atoms. The second-order valence-corrected chi connectivity index (χ2v) is 5.10. The zero-order valence-corrected chi connectivity index (χ0v) is 8.65. The predicted octanol–water partition coefficient (Wildman–Crippen LogP) is -0.0644. The van der Waals surface area contributed by atoms with Gasteiger partial charge in [0.25, 0.3) is 0 Å². The Kier molecular flexibility index (Phi) is 1.54. The van der Waals surface area contributed by atoms with Crippen LogP contribution in [0, 0.1) is 5.41 Å². The number of nitrogens with zero attached hydrogens (tertiary/aromatic N) is 1. The number of hydrogen-bond donors (Lipinski definition) is 2. The van der Waals surface area contributed by atoms with Crippen molar-refractivity contribution in [3.63, 3.8) is 0 Å². The molecule has 0 spiro atoms. The van der Waals surface area contributed by atoms with Crippen LogP contribution in [0.4, 0.5) is 4.79 Å². The Labute approximate surface area is 91.6 Å². The van der Waals surface area contributed by atoms with E-state index in [0.717, 1.165) is 0 Å². The molecule has 3 amide bonds. The molecule has 1 heterocycles. The minimum Gasteiger partial charge on any atom is -0.481 e. The molecule has 0 aromatic carbocycles. The van der Waals surface area contributed by atoms with E-state index < -0.39 is 11.4 Å². The van der Waals surface area contributed by atoms with E-state index in [9.17, 15) is 14.4 Å². The van der Waals surface area contributed by atoms with E-state index >= 15 is 0 Å². The van der Waals surface area contributed by atoms with Crippen LogP contribution in [0.5, 0.6) is 0 Å². The van der Waals surface area contributed by atoms with Crippen molar-refractivity contribution in [1.29, 1.82) is 0 Å². The number of aliphatic carboxylic acids is 1. The first-order valence-corrected chi connectivity index (χ1v) is 5.32. The highest BCUT2D eigenvalue weighted by Gasteiger charge is 2.75. The lowest BCUT2D eigenvalue weighted by atomic mass is 9.38. The number of carbonyl (C=O) groups excluding carboxylic acids is 2. The number of carboxylic acid groups (broad SMARTS) is 1. The number of carboxylic acids is 1. The Morgan fingerprint density at radius 2 is 1.94 bits per heavy atom. The molecule has 6 heteroatoms. The average molecular weight is 224 g/mol. The Morgan fingerprint density at radius 1 is 1.31 bits per heavy atom. The molecule has 0 aromatic rings. The zero-order chi connectivity index (χ0) is 11.6. The molecular formula is C10H12N2O4. The summed E-state index contributed by atoms with van der Waals surface area (Å²) in [5.74, 6) is -1.01. The number of rotatable bonds is 2. The molecule has 3 aliphatic carbocycles. The highest BCUT2D eigenvalue weighted by Crippen LogP contribution is 2.70. The van der Waals surface area contributed by atoms with Crippen LogP contribution in [0.1, 0.15) is 25.7 Å². The smallest absolute Gasteiger partial charge is 0.324 e. The van der Waals surface area contributed by atoms with Crippen LogP contribution in [0.2, 0.25) is 0 Å². The lowest BCUT2D eigenvalue weighted by Gasteiger charge is -2.71. The summed E-state index contributed by atoms with van der Waals surface area (Å²) < 4.78 is 0. The fourth-order valence-corrected chi connectivity index (χ4v) is 3.26. The van der Waals surface area contributed by atoms with Gasteiger partial charge in [-0.2, -0.15) is 0 Å². The molecule has 6 nitrogen and oxygen atoms in total. The van der Waals surface area contributed by atoms with Crippen LogP contribution in [0.3, 0.4) is 0 Å². The quantitative estimate of drug-likeness (QED) is 0.687. The van der Waals surface area contributed by atoms with E-state index in [1.165, 1.54) is 0 Å². The van der Waals surface area contributed by atoms with Gasteiger partial charge in [0.15, 0.2) is 0 Å². The number of hydrogen-bond acceptors (Lipinski definition) is 3. The molecule has 1 aliphatic heterocycles. The van der Waals surface area contributed by atoms with Crippen molar-refractivity contribution >= 4 is 17.9 Å². The van der Waals surface area contributed by atoms with E-state index in [4.69, 9.17) is 5.11 Å². The molecule has 2 N–H and O–H groups in total. The van der Waals surface area contributed by atoms with E-state index in [-0.39, 0.29) is 17.5 Å². The summed E-state index contributed by atoms with van der Waals surface area (Å²) in [5.41, 5.74) is -0.856. The first kappa shape index (κ1) is 9.62. The highest BCUT2D eigenvalue weighted by molar-refractivity contribution is 5.97. The van der Waals surface area contributed by atoms with Crippen LogP contribution in [-0.2, 0) is 9.59 Å². The number of carbonyl (C=O) groups is 3. The van der Waals surface area contributed by atoms with Crippen LogP contribution in [-0.4, -0.2) is 40.0 Å². The molecule has 0 atom stereocenters. The first-order valence-electron chi connectivity index (χ1n) is 5.32. The zero-order valence-electron chi connectivity index (χ0n) is 8.65. The molecule has 3 saturated carbocycles. The molecule has 86 valence electrons. The Morgan fingerprint density at radius 3 is 2.44 bits per heavy atom. The molecule has 4 rings (SSSR count). The lowest BCUT2D eigenvalue weighted by Crippen LogP contribution is -2.79. The number of urea groups is 1. The van der Waals surface area contributed by atoms with Crippen LogP contribution in [0.15, 0.2) is 0 Å². The summed E-state index contributed by atoms with van der Waals surface area (Å²) in [5, 5.41) is 11.2. The lowest BCUT2D eigenvalue weighted by molar-refractivity contribution is -0.222. The van der Waals surface area contributed by atoms with Gasteiger partial charge in [0, 0.05) is 18.5 Å². The minimum absolute atomic E-state index is 0.249. The molecule has 4 fully saturated rings. The van der Waals surface area contributed by atoms with Gasteiger partial charge in [0.1, 0.15) is 0 Å². The summed E-state index contributed by atoms with van der Waals surface area (Å²) in [6.07, 6.45) is 1.93. The molecular weight excluding hydrogens is 212 g/mol. The van der Waals surface area contributed by atoms with Crippen molar-refractivity contribution in [2.24, 2.45) is 5.41 Å². The summed E-state index contributed by atoms with van der Waals surface area (Å²) in [6, 6.07) is -0.366. The molecule has 1 saturated heterocycles. The molecule has 16 heavy (non-hydrogen) atoms. The predicted molar refractivity (Wildman–Crippen MR) is 51.5 cm³/mol. The normalized spacial score (nSPS) is 40.9. The van der Waals surface area contributed by atoms with Crippen LogP contribution in [0.25, 0.3) is 0 Å². The summed E-state index contributed by atoms with van der Waals surface area (Å²) in [4.78, 5) is 35.1. The maximum absolute atomic E-state index is 11.6. The van der Waals surface area contributed by atoms with Gasteiger partial charge in [-0.3, -0.25) is 14.9 Å². The average Bonchev–Trinajstić information content (AvgIpc) is 2.03. The second-order valence-electron chi connectivity index (χ2n) is 5.10. The van der Waals surface area contributed by atoms with Gasteiger partial charge in [-0.15, -0.1) is 0 Å². The number of amides is 3. The number of nitrogens with one attached hydrogen (secondary N) is 1. The maximum Gasteiger partial charge on any atom is 0.324 e. The van der Waals surface area contributed by atoms with Gasteiger partial charge >= 0.3 is 12.0 Å². The summed E-state index contributed by atoms with van der Waals surface area (Å²) in [6.45, 7) is 0.417. The third kappa shape index (κ3) is 0.942. The standard InChI is InChI=1S/C10H12N2O4/c13-6-1-2-12(8(16)11-6)10-3-9(4-10,5-10)7(14)15/h1-5H2,(H,14,15)(H,11,13,16). The van der Waals surface area contributed by atoms with Gasteiger partial charge < -0.3 is 10.0 Å². The largest absolute Gasteiger partial charge is 0.481 e. The van der Waals surface area contributed by atoms with Crippen molar-refractivity contribution in [3.05, 3.63) is 0 Å². The highest BCUT2D eigenvalue weighted by atomic mass is 16.4. The Bertz CT molecular complexity index is 397. The first-order chi connectivity index (χ1) is 7.47. The van der Waals surface area contributed by atoms with E-state index in [1.54, 1.807) is 4.90 Å². The van der Waals surface area contributed by atoms with Crippen molar-refractivity contribution in [1.82, 2.24) is 10.2 Å². The second kappa shape index (κ2) is 2.56. The van der Waals surface area contributed by atoms with Crippen molar-refractivity contribution in [3.8, 4) is 0 Å². The van der Waals surface area contributed by atoms with Crippen molar-refractivity contribution in [2.45, 2.75) is 31.2 Å². The monoisotopic (exact) mass is 224 g/mol. The fraction of sp³-hybridized carbons (Fsp3) is 0.700. The van der Waals surface area contributed by atoms with Crippen LogP contribution < -0.4 is 5.32 Å². The van der Waals surface area contributed by atoms with Crippen LogP contribution >= 0.6 is 0 Å². The molecule has 0 aromatic heterocycles. The SMILES string of the molecule is O=C1CCN(C23CC(C(=O)O)(C2)C3)C(=O)N1. The Hall–Kier alpha value is -1.59. The molecule has 0 radical (unpaired) electrons. The van der Waals surface area contributed by atoms with E-state index in [1.807, 2.05) is 0 Å². The van der Waals surface area contributed by atoms with Gasteiger partial charge in [0.2, 0.25) is 5.91 Å². The van der Waals surface area contributed by atoms with Crippen molar-refractivity contribution < 1.29 is 19.5 Å². The topological polar surface area (TPSA) is 86.7 Å². The fourth-order valence-electron chi connectivity index (χ4n) is 3.26. The Balaban J connectivity index is 1.72. The summed E-state index contributed by atoms with van der Waals surface area (Å²) in [7, 11) is 0. The maximum atomic E-state index is 11.6. The van der Waals surface area contributed by atoms with Gasteiger partial charge in [-0.05, 0) is 19.3 Å². The number of imide groups is 1. The van der Waals surface area contributed by atoms with Gasteiger partial charge in [0.05, 0.1) is 5.41 Å².